The molecular weight excluding hydrogens is 248 g/mol. The lowest BCUT2D eigenvalue weighted by atomic mass is 9.50. The van der Waals surface area contributed by atoms with Crippen LogP contribution in [0, 0.1) is 35.0 Å². The highest BCUT2D eigenvalue weighted by molar-refractivity contribution is 5.06. The molecule has 1 unspecified atom stereocenters. The van der Waals surface area contributed by atoms with Gasteiger partial charge < -0.3 is 10.2 Å². The molecule has 0 aliphatic heterocycles. The molecule has 0 saturated heterocycles. The van der Waals surface area contributed by atoms with Gasteiger partial charge in [-0.25, -0.2) is 0 Å². The summed E-state index contributed by atoms with van der Waals surface area (Å²) in [7, 11) is 0. The van der Waals surface area contributed by atoms with Crippen molar-refractivity contribution in [3.8, 4) is 0 Å². The van der Waals surface area contributed by atoms with E-state index in [9.17, 15) is 10.2 Å². The zero-order valence-corrected chi connectivity index (χ0v) is 12.8. The summed E-state index contributed by atoms with van der Waals surface area (Å²) in [6, 6.07) is 0. The van der Waals surface area contributed by atoms with Gasteiger partial charge in [-0.05, 0) is 92.8 Å². The van der Waals surface area contributed by atoms with Crippen LogP contribution in [-0.4, -0.2) is 22.4 Å². The van der Waals surface area contributed by atoms with Crippen LogP contribution in [-0.2, 0) is 0 Å². The summed E-state index contributed by atoms with van der Waals surface area (Å²) >= 11 is 0. The van der Waals surface area contributed by atoms with Crippen LogP contribution in [0.15, 0.2) is 0 Å². The highest BCUT2D eigenvalue weighted by Crippen LogP contribution is 2.62. The van der Waals surface area contributed by atoms with E-state index in [0.717, 1.165) is 48.9 Å². The Morgan fingerprint density at radius 3 is 2.45 bits per heavy atom. The van der Waals surface area contributed by atoms with Gasteiger partial charge in [-0.15, -0.1) is 0 Å². The molecule has 20 heavy (non-hydrogen) atoms. The molecule has 114 valence electrons. The van der Waals surface area contributed by atoms with Gasteiger partial charge in [-0.3, -0.25) is 0 Å². The molecule has 0 aromatic rings. The molecule has 2 N–H and O–H groups in total. The lowest BCUT2D eigenvalue weighted by Crippen LogP contribution is -2.49. The Bertz CT molecular complexity index is 382. The molecule has 4 aliphatic carbocycles. The topological polar surface area (TPSA) is 40.5 Å². The summed E-state index contributed by atoms with van der Waals surface area (Å²) < 4.78 is 0. The number of fused-ring (bicyclic) bond motifs is 5. The van der Waals surface area contributed by atoms with Crippen molar-refractivity contribution < 1.29 is 10.2 Å². The number of rotatable bonds is 0. The molecule has 0 aromatic heterocycles. The van der Waals surface area contributed by atoms with Crippen LogP contribution < -0.4 is 0 Å². The molecule has 2 nitrogen and oxygen atoms in total. The SMILES string of the molecule is C[C@]12CC[C@H]3[C@@H](CCC4C[C@@H](O)CC[C@@H]43)[C@@H]1CC[C@H]2O. The Balaban J connectivity index is 1.57. The maximum atomic E-state index is 10.4. The summed E-state index contributed by atoms with van der Waals surface area (Å²) in [6.45, 7) is 2.36. The number of aliphatic hydroxyl groups excluding tert-OH is 2. The van der Waals surface area contributed by atoms with Crippen LogP contribution in [0.4, 0.5) is 0 Å². The highest BCUT2D eigenvalue weighted by atomic mass is 16.3. The first-order valence-electron chi connectivity index (χ1n) is 8.95. The third-order valence-corrected chi connectivity index (χ3v) is 7.88. The standard InChI is InChI=1S/C18H30O2/c1-18-9-8-14-13-5-3-12(19)10-11(13)2-4-15(14)16(18)6-7-17(18)20/h11-17,19-20H,2-10H2,1H3/t11?,12-,13-,14+,15+,16-,17+,18-/m0/s1. The van der Waals surface area contributed by atoms with Crippen molar-refractivity contribution in [1.82, 2.24) is 0 Å². The average Bonchev–Trinajstić information content (AvgIpc) is 2.74. The zero-order chi connectivity index (χ0) is 13.9. The summed E-state index contributed by atoms with van der Waals surface area (Å²) in [5.41, 5.74) is 0.224. The van der Waals surface area contributed by atoms with Crippen LogP contribution in [0.3, 0.4) is 0 Å². The summed E-state index contributed by atoms with van der Waals surface area (Å²) in [6.07, 6.45) is 10.9. The number of aliphatic hydroxyl groups is 2. The van der Waals surface area contributed by atoms with E-state index in [4.69, 9.17) is 0 Å². The third kappa shape index (κ3) is 1.83. The molecule has 0 heterocycles. The van der Waals surface area contributed by atoms with Gasteiger partial charge in [0.15, 0.2) is 0 Å². The minimum atomic E-state index is -0.0423. The van der Waals surface area contributed by atoms with Crippen molar-refractivity contribution in [2.24, 2.45) is 35.0 Å². The van der Waals surface area contributed by atoms with Gasteiger partial charge in [0.1, 0.15) is 0 Å². The van der Waals surface area contributed by atoms with Gasteiger partial charge in [0.2, 0.25) is 0 Å². The molecule has 0 spiro atoms. The average molecular weight is 278 g/mol. The fourth-order valence-electron chi connectivity index (χ4n) is 6.80. The molecule has 0 amide bonds. The van der Waals surface area contributed by atoms with Crippen LogP contribution in [0.1, 0.15) is 64.7 Å². The van der Waals surface area contributed by atoms with Gasteiger partial charge in [0.05, 0.1) is 12.2 Å². The Morgan fingerprint density at radius 1 is 0.800 bits per heavy atom. The summed E-state index contributed by atoms with van der Waals surface area (Å²) in [5, 5.41) is 20.3. The first kappa shape index (κ1) is 13.6. The van der Waals surface area contributed by atoms with Crippen molar-refractivity contribution in [3.05, 3.63) is 0 Å². The highest BCUT2D eigenvalue weighted by Gasteiger charge is 2.56. The molecule has 4 aliphatic rings. The minimum absolute atomic E-state index is 0.0186. The summed E-state index contributed by atoms with van der Waals surface area (Å²) in [4.78, 5) is 0. The predicted octanol–water partition coefficient (Wildman–Crippen LogP) is 3.36. The first-order valence-corrected chi connectivity index (χ1v) is 8.95. The maximum Gasteiger partial charge on any atom is 0.0596 e. The molecule has 4 fully saturated rings. The van der Waals surface area contributed by atoms with Crippen LogP contribution in [0.5, 0.6) is 0 Å². The number of hydrogen-bond acceptors (Lipinski definition) is 2. The van der Waals surface area contributed by atoms with Gasteiger partial charge in [-0.1, -0.05) is 6.92 Å². The fraction of sp³-hybridized carbons (Fsp3) is 1.00. The van der Waals surface area contributed by atoms with Crippen LogP contribution >= 0.6 is 0 Å². The lowest BCUT2D eigenvalue weighted by Gasteiger charge is -2.55. The Kier molecular flexibility index (Phi) is 3.20. The Hall–Kier alpha value is -0.0800. The quantitative estimate of drug-likeness (QED) is 0.713. The second-order valence-electron chi connectivity index (χ2n) is 8.54. The maximum absolute atomic E-state index is 10.4. The largest absolute Gasteiger partial charge is 0.393 e. The molecule has 2 heteroatoms. The molecule has 4 saturated carbocycles. The third-order valence-electron chi connectivity index (χ3n) is 7.88. The predicted molar refractivity (Wildman–Crippen MR) is 79.1 cm³/mol. The van der Waals surface area contributed by atoms with E-state index >= 15 is 0 Å². The molecule has 4 rings (SSSR count). The van der Waals surface area contributed by atoms with Crippen LogP contribution in [0.2, 0.25) is 0 Å². The first-order chi connectivity index (χ1) is 9.59. The van der Waals surface area contributed by atoms with Crippen LogP contribution in [0.25, 0.3) is 0 Å². The minimum Gasteiger partial charge on any atom is -0.393 e. The molecular formula is C18H30O2. The van der Waals surface area contributed by atoms with E-state index < -0.39 is 0 Å². The molecule has 0 bridgehead atoms. The van der Waals surface area contributed by atoms with Gasteiger partial charge >= 0.3 is 0 Å². The van der Waals surface area contributed by atoms with Gasteiger partial charge in [0.25, 0.3) is 0 Å². The van der Waals surface area contributed by atoms with Crippen molar-refractivity contribution in [3.63, 3.8) is 0 Å². The van der Waals surface area contributed by atoms with E-state index in [-0.39, 0.29) is 17.6 Å². The van der Waals surface area contributed by atoms with E-state index in [0.29, 0.717) is 0 Å². The normalized spacial score (nSPS) is 58.6. The molecule has 0 radical (unpaired) electrons. The van der Waals surface area contributed by atoms with E-state index in [1.54, 1.807) is 0 Å². The lowest BCUT2D eigenvalue weighted by molar-refractivity contribution is -0.0913. The van der Waals surface area contributed by atoms with E-state index in [1.165, 1.54) is 38.5 Å². The number of hydrogen-bond donors (Lipinski definition) is 2. The van der Waals surface area contributed by atoms with Gasteiger partial charge in [0, 0.05) is 0 Å². The smallest absolute Gasteiger partial charge is 0.0596 e. The monoisotopic (exact) mass is 278 g/mol. The van der Waals surface area contributed by atoms with Crippen molar-refractivity contribution >= 4 is 0 Å². The second-order valence-corrected chi connectivity index (χ2v) is 8.54. The van der Waals surface area contributed by atoms with Crippen molar-refractivity contribution in [2.45, 2.75) is 76.9 Å². The second kappa shape index (κ2) is 4.71. The molecule has 0 aromatic carbocycles. The van der Waals surface area contributed by atoms with Crippen molar-refractivity contribution in [2.75, 3.05) is 0 Å². The van der Waals surface area contributed by atoms with Crippen molar-refractivity contribution in [1.29, 1.82) is 0 Å². The Labute approximate surface area is 123 Å². The zero-order valence-electron chi connectivity index (χ0n) is 12.8. The summed E-state index contributed by atoms with van der Waals surface area (Å²) in [5.74, 6) is 4.26. The van der Waals surface area contributed by atoms with Gasteiger partial charge in [-0.2, -0.15) is 0 Å². The Morgan fingerprint density at radius 2 is 1.60 bits per heavy atom. The fourth-order valence-corrected chi connectivity index (χ4v) is 6.80. The van der Waals surface area contributed by atoms with E-state index in [2.05, 4.69) is 6.92 Å². The van der Waals surface area contributed by atoms with E-state index in [1.807, 2.05) is 0 Å². The molecule has 8 atom stereocenters.